The van der Waals surface area contributed by atoms with Gasteiger partial charge in [0.25, 0.3) is 5.91 Å². The van der Waals surface area contributed by atoms with Gasteiger partial charge in [-0.05, 0) is 73.2 Å². The molecule has 0 radical (unpaired) electrons. The summed E-state index contributed by atoms with van der Waals surface area (Å²) in [6.45, 7) is 2.12. The van der Waals surface area contributed by atoms with E-state index in [9.17, 15) is 9.59 Å². The highest BCUT2D eigenvalue weighted by atomic mass is 35.5. The summed E-state index contributed by atoms with van der Waals surface area (Å²) in [5.41, 5.74) is 3.05. The second-order valence-electron chi connectivity index (χ2n) is 6.75. The molecule has 0 aliphatic heterocycles. The normalized spacial score (nSPS) is 10.3. The molecule has 160 valence electrons. The monoisotopic (exact) mass is 439 g/mol. The topological polar surface area (TPSA) is 73.9 Å². The lowest BCUT2D eigenvalue weighted by molar-refractivity contribution is 0.0600. The van der Waals surface area contributed by atoms with Crippen LogP contribution in [0.15, 0.2) is 60.7 Å². The van der Waals surface area contributed by atoms with Gasteiger partial charge in [0.15, 0.2) is 0 Å². The summed E-state index contributed by atoms with van der Waals surface area (Å²) in [6.07, 6.45) is 0. The Morgan fingerprint density at radius 3 is 2.29 bits per heavy atom. The molecule has 0 aliphatic rings. The molecule has 0 unspecified atom stereocenters. The highest BCUT2D eigenvalue weighted by molar-refractivity contribution is 6.31. The highest BCUT2D eigenvalue weighted by Crippen LogP contribution is 2.25. The molecule has 3 rings (SSSR count). The van der Waals surface area contributed by atoms with Crippen molar-refractivity contribution >= 4 is 29.2 Å². The van der Waals surface area contributed by atoms with Crippen molar-refractivity contribution in [3.63, 3.8) is 0 Å². The van der Waals surface area contributed by atoms with E-state index in [4.69, 9.17) is 21.1 Å². The Morgan fingerprint density at radius 2 is 1.65 bits per heavy atom. The maximum absolute atomic E-state index is 12.7. The molecule has 3 aromatic carbocycles. The van der Waals surface area contributed by atoms with Gasteiger partial charge in [-0.25, -0.2) is 4.79 Å². The predicted octanol–water partition coefficient (Wildman–Crippen LogP) is 5.27. The molecule has 0 bridgehead atoms. The van der Waals surface area contributed by atoms with Gasteiger partial charge in [0.1, 0.15) is 18.1 Å². The van der Waals surface area contributed by atoms with Crippen LogP contribution in [0.1, 0.15) is 31.8 Å². The van der Waals surface area contributed by atoms with Crippen LogP contribution in [0.5, 0.6) is 11.5 Å². The zero-order valence-corrected chi connectivity index (χ0v) is 18.2. The molecule has 3 aromatic rings. The molecule has 31 heavy (non-hydrogen) atoms. The Balaban J connectivity index is 1.73. The van der Waals surface area contributed by atoms with Gasteiger partial charge >= 0.3 is 5.97 Å². The number of halogens is 1. The van der Waals surface area contributed by atoms with Gasteiger partial charge in [-0.3, -0.25) is 4.79 Å². The molecule has 0 saturated heterocycles. The van der Waals surface area contributed by atoms with Crippen molar-refractivity contribution < 1.29 is 23.8 Å². The van der Waals surface area contributed by atoms with Crippen molar-refractivity contribution in [3.8, 4) is 11.5 Å². The number of benzene rings is 3. The van der Waals surface area contributed by atoms with E-state index in [2.05, 4.69) is 10.1 Å². The second-order valence-corrected chi connectivity index (χ2v) is 7.16. The first kappa shape index (κ1) is 22.2. The molecular formula is C24H22ClNO5. The Labute approximate surface area is 185 Å². The van der Waals surface area contributed by atoms with Crippen molar-refractivity contribution in [2.24, 2.45) is 0 Å². The number of carbonyl (C=O) groups is 2. The first-order chi connectivity index (χ1) is 14.9. The molecule has 0 saturated carbocycles. The van der Waals surface area contributed by atoms with E-state index in [-0.39, 0.29) is 12.5 Å². The van der Waals surface area contributed by atoms with Crippen LogP contribution in [-0.4, -0.2) is 26.1 Å². The van der Waals surface area contributed by atoms with Crippen molar-refractivity contribution in [1.82, 2.24) is 0 Å². The first-order valence-electron chi connectivity index (χ1n) is 9.47. The maximum Gasteiger partial charge on any atom is 0.337 e. The number of aryl methyl sites for hydroxylation is 1. The van der Waals surface area contributed by atoms with Gasteiger partial charge in [-0.15, -0.1) is 0 Å². The number of ether oxygens (including phenoxy) is 3. The lowest BCUT2D eigenvalue weighted by Crippen LogP contribution is -2.13. The largest absolute Gasteiger partial charge is 0.496 e. The summed E-state index contributed by atoms with van der Waals surface area (Å²) in [6, 6.07) is 17.0. The van der Waals surface area contributed by atoms with E-state index in [1.807, 2.05) is 13.0 Å². The van der Waals surface area contributed by atoms with Gasteiger partial charge in [-0.1, -0.05) is 11.6 Å². The molecule has 0 fully saturated rings. The summed E-state index contributed by atoms with van der Waals surface area (Å²) < 4.78 is 15.9. The molecule has 0 spiro atoms. The van der Waals surface area contributed by atoms with E-state index in [0.717, 1.165) is 11.1 Å². The fourth-order valence-electron chi connectivity index (χ4n) is 2.91. The minimum atomic E-state index is -0.437. The van der Waals surface area contributed by atoms with Crippen LogP contribution in [-0.2, 0) is 11.3 Å². The van der Waals surface area contributed by atoms with E-state index in [1.165, 1.54) is 7.11 Å². The molecule has 0 heterocycles. The minimum Gasteiger partial charge on any atom is -0.496 e. The number of nitrogens with one attached hydrogen (secondary N) is 1. The van der Waals surface area contributed by atoms with Crippen LogP contribution in [0.4, 0.5) is 5.69 Å². The smallest absolute Gasteiger partial charge is 0.337 e. The number of carbonyl (C=O) groups excluding carboxylic acids is 2. The summed E-state index contributed by atoms with van der Waals surface area (Å²) in [5.74, 6) is 0.555. The minimum absolute atomic E-state index is 0.221. The first-order valence-corrected chi connectivity index (χ1v) is 9.84. The van der Waals surface area contributed by atoms with Gasteiger partial charge < -0.3 is 19.5 Å². The molecule has 0 aromatic heterocycles. The summed E-state index contributed by atoms with van der Waals surface area (Å²) >= 11 is 6.06. The fraction of sp³-hybridized carbons (Fsp3) is 0.167. The van der Waals surface area contributed by atoms with E-state index < -0.39 is 5.97 Å². The fourth-order valence-corrected chi connectivity index (χ4v) is 3.03. The molecule has 7 heteroatoms. The molecule has 0 aliphatic carbocycles. The van der Waals surface area contributed by atoms with E-state index in [0.29, 0.717) is 33.3 Å². The van der Waals surface area contributed by atoms with Gasteiger partial charge in [-0.2, -0.15) is 0 Å². The third kappa shape index (κ3) is 5.55. The number of anilines is 1. The van der Waals surface area contributed by atoms with Crippen molar-refractivity contribution in [2.75, 3.05) is 19.5 Å². The van der Waals surface area contributed by atoms with Crippen LogP contribution in [0.2, 0.25) is 5.02 Å². The van der Waals surface area contributed by atoms with Crippen LogP contribution in [0.25, 0.3) is 0 Å². The standard InChI is InChI=1S/C24H22ClNO5/c1-15-12-20(9-10-21(15)25)31-14-18-13-17(6-11-22(18)29-2)23(27)26-19-7-4-16(5-8-19)24(28)30-3/h4-13H,14H2,1-3H3,(H,26,27). The third-order valence-electron chi connectivity index (χ3n) is 4.63. The quantitative estimate of drug-likeness (QED) is 0.507. The van der Waals surface area contributed by atoms with Crippen LogP contribution < -0.4 is 14.8 Å². The SMILES string of the molecule is COC(=O)c1ccc(NC(=O)c2ccc(OC)c(COc3ccc(Cl)c(C)c3)c2)cc1. The molecule has 1 N–H and O–H groups in total. The zero-order chi connectivity index (χ0) is 22.4. The second kappa shape index (κ2) is 10.00. The van der Waals surface area contributed by atoms with Gasteiger partial charge in [0, 0.05) is 21.8 Å². The number of rotatable bonds is 7. The number of esters is 1. The Hall–Kier alpha value is -3.51. The number of hydrogen-bond donors (Lipinski definition) is 1. The third-order valence-corrected chi connectivity index (χ3v) is 5.05. The van der Waals surface area contributed by atoms with Crippen LogP contribution in [0, 0.1) is 6.92 Å². The van der Waals surface area contributed by atoms with Gasteiger partial charge in [0.2, 0.25) is 0 Å². The number of methoxy groups -OCH3 is 2. The molecule has 6 nitrogen and oxygen atoms in total. The van der Waals surface area contributed by atoms with Gasteiger partial charge in [0.05, 0.1) is 19.8 Å². The van der Waals surface area contributed by atoms with Crippen LogP contribution in [0.3, 0.4) is 0 Å². The van der Waals surface area contributed by atoms with Crippen molar-refractivity contribution in [2.45, 2.75) is 13.5 Å². The maximum atomic E-state index is 12.7. The molecule has 1 amide bonds. The molecule has 0 atom stereocenters. The van der Waals surface area contributed by atoms with E-state index >= 15 is 0 Å². The predicted molar refractivity (Wildman–Crippen MR) is 119 cm³/mol. The van der Waals surface area contributed by atoms with Crippen molar-refractivity contribution in [1.29, 1.82) is 0 Å². The summed E-state index contributed by atoms with van der Waals surface area (Å²) in [7, 11) is 2.88. The highest BCUT2D eigenvalue weighted by Gasteiger charge is 2.12. The van der Waals surface area contributed by atoms with E-state index in [1.54, 1.807) is 61.7 Å². The Kier molecular flexibility index (Phi) is 7.15. The van der Waals surface area contributed by atoms with Crippen molar-refractivity contribution in [3.05, 3.63) is 87.9 Å². The average Bonchev–Trinajstić information content (AvgIpc) is 2.79. The lowest BCUT2D eigenvalue weighted by Gasteiger charge is -2.13. The average molecular weight is 440 g/mol. The number of amides is 1. The zero-order valence-electron chi connectivity index (χ0n) is 17.4. The summed E-state index contributed by atoms with van der Waals surface area (Å²) in [5, 5.41) is 3.48. The molecular weight excluding hydrogens is 418 g/mol. The number of hydrogen-bond acceptors (Lipinski definition) is 5. The lowest BCUT2D eigenvalue weighted by atomic mass is 10.1. The summed E-state index contributed by atoms with van der Waals surface area (Å²) in [4.78, 5) is 24.2. The van der Waals surface area contributed by atoms with Crippen LogP contribution >= 0.6 is 11.6 Å². The Morgan fingerprint density at radius 1 is 0.935 bits per heavy atom. The Bertz CT molecular complexity index is 1100.